The molecule has 0 atom stereocenters. The Morgan fingerprint density at radius 3 is 2.47 bits per heavy atom. The summed E-state index contributed by atoms with van der Waals surface area (Å²) in [5, 5.41) is 17.7. The largest absolute Gasteiger partial charge is 0.477 e. The summed E-state index contributed by atoms with van der Waals surface area (Å²) in [5.41, 5.74) is 0.00589. The average molecular weight is 265 g/mol. The van der Waals surface area contributed by atoms with Gasteiger partial charge in [0.25, 0.3) is 0 Å². The molecule has 1 aliphatic heterocycles. The topological polar surface area (TPSA) is 94.0 Å². The van der Waals surface area contributed by atoms with Crippen LogP contribution < -0.4 is 4.90 Å². The smallest absolute Gasteiger partial charge is 0.354 e. The molecule has 0 saturated carbocycles. The van der Waals surface area contributed by atoms with Gasteiger partial charge in [-0.3, -0.25) is 4.79 Å². The van der Waals surface area contributed by atoms with Gasteiger partial charge in [0.1, 0.15) is 12.4 Å². The Labute approximate surface area is 110 Å². The van der Waals surface area contributed by atoms with Crippen molar-refractivity contribution in [2.75, 3.05) is 37.7 Å². The van der Waals surface area contributed by atoms with Crippen LogP contribution in [-0.4, -0.2) is 64.8 Å². The van der Waals surface area contributed by atoms with Crippen molar-refractivity contribution in [1.82, 2.24) is 9.88 Å². The molecule has 1 aliphatic rings. The van der Waals surface area contributed by atoms with Crippen LogP contribution in [0.4, 0.5) is 5.82 Å². The van der Waals surface area contributed by atoms with Crippen LogP contribution in [0.2, 0.25) is 0 Å². The minimum Gasteiger partial charge on any atom is -0.477 e. The first-order chi connectivity index (χ1) is 9.11. The molecule has 1 fully saturated rings. The Kier molecular flexibility index (Phi) is 3.96. The van der Waals surface area contributed by atoms with Gasteiger partial charge >= 0.3 is 5.97 Å². The van der Waals surface area contributed by atoms with Crippen LogP contribution in [0.3, 0.4) is 0 Å². The van der Waals surface area contributed by atoms with Crippen LogP contribution in [-0.2, 0) is 4.79 Å². The van der Waals surface area contributed by atoms with Gasteiger partial charge in [0, 0.05) is 26.2 Å². The van der Waals surface area contributed by atoms with E-state index in [4.69, 9.17) is 10.2 Å². The maximum absolute atomic E-state index is 11.3. The Balaban J connectivity index is 2.03. The Hall–Kier alpha value is -2.15. The van der Waals surface area contributed by atoms with Crippen LogP contribution in [0.15, 0.2) is 18.2 Å². The maximum Gasteiger partial charge on any atom is 0.354 e. The van der Waals surface area contributed by atoms with Gasteiger partial charge in [0.2, 0.25) is 5.91 Å². The van der Waals surface area contributed by atoms with E-state index in [1.807, 2.05) is 4.90 Å². The van der Waals surface area contributed by atoms with E-state index in [0.717, 1.165) is 0 Å². The first-order valence-electron chi connectivity index (χ1n) is 5.95. The number of aliphatic hydroxyl groups is 1. The van der Waals surface area contributed by atoms with Crippen LogP contribution in [0, 0.1) is 0 Å². The van der Waals surface area contributed by atoms with Gasteiger partial charge in [-0.05, 0) is 12.1 Å². The molecule has 0 aliphatic carbocycles. The van der Waals surface area contributed by atoms with E-state index in [-0.39, 0.29) is 11.6 Å². The summed E-state index contributed by atoms with van der Waals surface area (Å²) in [6, 6.07) is 4.84. The minimum absolute atomic E-state index is 0.00589. The zero-order chi connectivity index (χ0) is 13.8. The van der Waals surface area contributed by atoms with Gasteiger partial charge in [-0.2, -0.15) is 0 Å². The molecule has 7 heteroatoms. The second-order valence-corrected chi connectivity index (χ2v) is 4.21. The number of aromatic nitrogens is 1. The number of carboxylic acid groups (broad SMARTS) is 1. The number of carbonyl (C=O) groups is 2. The molecule has 0 unspecified atom stereocenters. The van der Waals surface area contributed by atoms with Gasteiger partial charge in [-0.1, -0.05) is 6.07 Å². The lowest BCUT2D eigenvalue weighted by Crippen LogP contribution is -2.49. The molecule has 2 rings (SSSR count). The molecule has 0 bridgehead atoms. The van der Waals surface area contributed by atoms with Crippen LogP contribution >= 0.6 is 0 Å². The highest BCUT2D eigenvalue weighted by molar-refractivity contribution is 5.85. The standard InChI is InChI=1S/C12H15N3O4/c16-8-11(17)15-6-4-14(5-7-15)10-3-1-2-9(13-10)12(18)19/h1-3,16H,4-8H2,(H,18,19). The molecule has 2 heterocycles. The summed E-state index contributed by atoms with van der Waals surface area (Å²) < 4.78 is 0. The Morgan fingerprint density at radius 2 is 1.89 bits per heavy atom. The third-order valence-electron chi connectivity index (χ3n) is 3.05. The third kappa shape index (κ3) is 3.00. The SMILES string of the molecule is O=C(O)c1cccc(N2CCN(C(=O)CO)CC2)n1. The normalized spacial score (nSPS) is 15.4. The molecule has 2 N–H and O–H groups in total. The maximum atomic E-state index is 11.3. The highest BCUT2D eigenvalue weighted by atomic mass is 16.4. The van der Waals surface area contributed by atoms with Crippen molar-refractivity contribution in [3.8, 4) is 0 Å². The summed E-state index contributed by atoms with van der Waals surface area (Å²) in [6.07, 6.45) is 0. The molecule has 102 valence electrons. The molecule has 0 aromatic carbocycles. The number of aliphatic hydroxyl groups excluding tert-OH is 1. The van der Waals surface area contributed by atoms with Gasteiger partial charge < -0.3 is 20.0 Å². The lowest BCUT2D eigenvalue weighted by molar-refractivity contribution is -0.134. The average Bonchev–Trinajstić information content (AvgIpc) is 2.46. The van der Waals surface area contributed by atoms with E-state index >= 15 is 0 Å². The van der Waals surface area contributed by atoms with E-state index < -0.39 is 12.6 Å². The predicted molar refractivity (Wildman–Crippen MR) is 67.1 cm³/mol. The first-order valence-corrected chi connectivity index (χ1v) is 5.95. The summed E-state index contributed by atoms with van der Waals surface area (Å²) in [7, 11) is 0. The third-order valence-corrected chi connectivity index (χ3v) is 3.05. The van der Waals surface area contributed by atoms with Crippen molar-refractivity contribution in [3.05, 3.63) is 23.9 Å². The quantitative estimate of drug-likeness (QED) is 0.759. The fourth-order valence-corrected chi connectivity index (χ4v) is 2.00. The number of aromatic carboxylic acids is 1. The molecular formula is C12H15N3O4. The van der Waals surface area contributed by atoms with Gasteiger partial charge in [0.05, 0.1) is 0 Å². The van der Waals surface area contributed by atoms with E-state index in [1.54, 1.807) is 17.0 Å². The zero-order valence-electron chi connectivity index (χ0n) is 10.3. The minimum atomic E-state index is -1.06. The van der Waals surface area contributed by atoms with Crippen LogP contribution in [0.5, 0.6) is 0 Å². The van der Waals surface area contributed by atoms with Crippen molar-refractivity contribution in [2.45, 2.75) is 0 Å². The van der Waals surface area contributed by atoms with Crippen molar-refractivity contribution in [1.29, 1.82) is 0 Å². The number of carboxylic acids is 1. The van der Waals surface area contributed by atoms with Crippen molar-refractivity contribution < 1.29 is 19.8 Å². The number of hydrogen-bond donors (Lipinski definition) is 2. The molecule has 1 saturated heterocycles. The highest BCUT2D eigenvalue weighted by Crippen LogP contribution is 2.14. The van der Waals surface area contributed by atoms with Crippen LogP contribution in [0.1, 0.15) is 10.5 Å². The van der Waals surface area contributed by atoms with Gasteiger partial charge in [0.15, 0.2) is 5.69 Å². The highest BCUT2D eigenvalue weighted by Gasteiger charge is 2.21. The Bertz CT molecular complexity index is 484. The van der Waals surface area contributed by atoms with E-state index in [1.165, 1.54) is 6.07 Å². The monoisotopic (exact) mass is 265 g/mol. The molecule has 7 nitrogen and oxygen atoms in total. The second kappa shape index (κ2) is 5.66. The molecule has 1 amide bonds. The molecule has 1 aromatic heterocycles. The molecule has 0 radical (unpaired) electrons. The lowest BCUT2D eigenvalue weighted by Gasteiger charge is -2.35. The summed E-state index contributed by atoms with van der Waals surface area (Å²) in [6.45, 7) is 1.66. The summed E-state index contributed by atoms with van der Waals surface area (Å²) >= 11 is 0. The predicted octanol–water partition coefficient (Wildman–Crippen LogP) is -0.579. The number of nitrogens with zero attached hydrogens (tertiary/aromatic N) is 3. The molecule has 0 spiro atoms. The van der Waals surface area contributed by atoms with Crippen LogP contribution in [0.25, 0.3) is 0 Å². The number of anilines is 1. The number of carbonyl (C=O) groups excluding carboxylic acids is 1. The summed E-state index contributed by atoms with van der Waals surface area (Å²) in [4.78, 5) is 29.7. The fraction of sp³-hybridized carbons (Fsp3) is 0.417. The van der Waals surface area contributed by atoms with E-state index in [9.17, 15) is 9.59 Å². The number of hydrogen-bond acceptors (Lipinski definition) is 5. The van der Waals surface area contributed by atoms with Crippen molar-refractivity contribution in [3.63, 3.8) is 0 Å². The van der Waals surface area contributed by atoms with Crippen molar-refractivity contribution >= 4 is 17.7 Å². The van der Waals surface area contributed by atoms with Gasteiger partial charge in [-0.15, -0.1) is 0 Å². The molecular weight excluding hydrogens is 250 g/mol. The Morgan fingerprint density at radius 1 is 1.21 bits per heavy atom. The van der Waals surface area contributed by atoms with Gasteiger partial charge in [-0.25, -0.2) is 9.78 Å². The number of rotatable bonds is 3. The van der Waals surface area contributed by atoms with Crippen molar-refractivity contribution in [2.24, 2.45) is 0 Å². The molecule has 1 aromatic rings. The molecule has 19 heavy (non-hydrogen) atoms. The van der Waals surface area contributed by atoms with E-state index in [2.05, 4.69) is 4.98 Å². The number of piperazine rings is 1. The number of amides is 1. The fourth-order valence-electron chi connectivity index (χ4n) is 2.00. The lowest BCUT2D eigenvalue weighted by atomic mass is 10.3. The van der Waals surface area contributed by atoms with E-state index in [0.29, 0.717) is 32.0 Å². The first kappa shape index (κ1) is 13.3. The zero-order valence-corrected chi connectivity index (χ0v) is 10.3. The second-order valence-electron chi connectivity index (χ2n) is 4.21. The summed E-state index contributed by atoms with van der Waals surface area (Å²) in [5.74, 6) is -0.751. The number of pyridine rings is 1.